The molecule has 0 spiro atoms. The van der Waals surface area contributed by atoms with Gasteiger partial charge in [0.1, 0.15) is 0 Å². The first-order valence-corrected chi connectivity index (χ1v) is 7.52. The van der Waals surface area contributed by atoms with Gasteiger partial charge in [-0.15, -0.1) is 0 Å². The van der Waals surface area contributed by atoms with Crippen LogP contribution in [0.2, 0.25) is 0 Å². The van der Waals surface area contributed by atoms with E-state index in [1.807, 2.05) is 0 Å². The average Bonchev–Trinajstić information content (AvgIpc) is 2.85. The number of urea groups is 1. The molecule has 0 saturated heterocycles. The Bertz CT molecular complexity index is 520. The molecular weight excluding hydrogens is 315 g/mol. The maximum Gasteiger partial charge on any atom is 0.389 e. The summed E-state index contributed by atoms with van der Waals surface area (Å²) in [6.45, 7) is 0.226. The number of nitrogen functional groups attached to an aromatic ring is 1. The molecule has 1 aromatic heterocycles. The van der Waals surface area contributed by atoms with Gasteiger partial charge in [-0.25, -0.2) is 4.79 Å². The molecule has 0 aromatic carbocycles. The van der Waals surface area contributed by atoms with Crippen LogP contribution in [0.1, 0.15) is 38.0 Å². The molecule has 23 heavy (non-hydrogen) atoms. The third-order valence-electron chi connectivity index (χ3n) is 3.83. The number of amides is 2. The van der Waals surface area contributed by atoms with E-state index in [2.05, 4.69) is 20.8 Å². The summed E-state index contributed by atoms with van der Waals surface area (Å²) in [6.07, 6.45) is -2.15. The number of rotatable bonds is 5. The van der Waals surface area contributed by atoms with Crippen molar-refractivity contribution in [1.82, 2.24) is 20.8 Å². The molecule has 130 valence electrons. The Kier molecular flexibility index (Phi) is 5.67. The predicted molar refractivity (Wildman–Crippen MR) is 75.4 cm³/mol. The number of carbonyl (C=O) groups is 1. The van der Waals surface area contributed by atoms with Crippen molar-refractivity contribution in [2.24, 2.45) is 5.92 Å². The molecule has 4 N–H and O–H groups in total. The summed E-state index contributed by atoms with van der Waals surface area (Å²) in [5, 5.41) is 8.62. The molecule has 0 aliphatic heterocycles. The highest BCUT2D eigenvalue weighted by Crippen LogP contribution is 2.34. The van der Waals surface area contributed by atoms with Gasteiger partial charge in [0.25, 0.3) is 5.95 Å². The maximum absolute atomic E-state index is 12.6. The van der Waals surface area contributed by atoms with Gasteiger partial charge >= 0.3 is 12.2 Å². The summed E-state index contributed by atoms with van der Waals surface area (Å²) < 4.78 is 42.5. The lowest BCUT2D eigenvalue weighted by Gasteiger charge is -2.32. The van der Waals surface area contributed by atoms with E-state index in [4.69, 9.17) is 10.3 Å². The van der Waals surface area contributed by atoms with E-state index >= 15 is 0 Å². The first-order valence-electron chi connectivity index (χ1n) is 7.52. The molecule has 0 unspecified atom stereocenters. The van der Waals surface area contributed by atoms with Gasteiger partial charge in [0, 0.05) is 25.4 Å². The SMILES string of the molecule is Nc1noc(CCNC(=O)N[C@H]2CCCC[C@H]2CC(F)(F)F)n1. The van der Waals surface area contributed by atoms with E-state index in [0.717, 1.165) is 12.8 Å². The molecular formula is C13H20F3N5O2. The lowest BCUT2D eigenvalue weighted by Crippen LogP contribution is -2.48. The van der Waals surface area contributed by atoms with Crippen molar-refractivity contribution in [3.63, 3.8) is 0 Å². The molecule has 7 nitrogen and oxygen atoms in total. The Morgan fingerprint density at radius 3 is 2.74 bits per heavy atom. The molecule has 1 aliphatic carbocycles. The largest absolute Gasteiger partial charge is 0.389 e. The quantitative estimate of drug-likeness (QED) is 0.763. The Morgan fingerprint density at radius 1 is 1.35 bits per heavy atom. The highest BCUT2D eigenvalue weighted by molar-refractivity contribution is 5.74. The zero-order chi connectivity index (χ0) is 16.9. The average molecular weight is 335 g/mol. The van der Waals surface area contributed by atoms with E-state index in [-0.39, 0.29) is 18.4 Å². The standard InChI is InChI=1S/C13H20F3N5O2/c14-13(15,16)7-8-3-1-2-4-9(8)19-12(22)18-6-5-10-20-11(17)21-23-10/h8-9H,1-7H2,(H2,17,21)(H2,18,19,22)/t8-,9-/m0/s1. The molecule has 2 amide bonds. The number of halogens is 3. The second-order valence-electron chi connectivity index (χ2n) is 5.67. The molecule has 2 atom stereocenters. The highest BCUT2D eigenvalue weighted by Gasteiger charge is 2.37. The van der Waals surface area contributed by atoms with Crippen LogP contribution < -0.4 is 16.4 Å². The van der Waals surface area contributed by atoms with Crippen LogP contribution in [0.5, 0.6) is 0 Å². The lowest BCUT2D eigenvalue weighted by molar-refractivity contribution is -0.148. The third-order valence-corrected chi connectivity index (χ3v) is 3.83. The van der Waals surface area contributed by atoms with Gasteiger partial charge in [-0.05, 0) is 23.9 Å². The zero-order valence-corrected chi connectivity index (χ0v) is 12.5. The van der Waals surface area contributed by atoms with E-state index in [1.54, 1.807) is 0 Å². The van der Waals surface area contributed by atoms with Crippen LogP contribution >= 0.6 is 0 Å². The number of anilines is 1. The summed E-state index contributed by atoms with van der Waals surface area (Å²) in [7, 11) is 0. The van der Waals surface area contributed by atoms with Gasteiger partial charge in [-0.1, -0.05) is 12.8 Å². The topological polar surface area (TPSA) is 106 Å². The van der Waals surface area contributed by atoms with Gasteiger partial charge in [-0.2, -0.15) is 18.2 Å². The van der Waals surface area contributed by atoms with E-state index < -0.39 is 30.6 Å². The van der Waals surface area contributed by atoms with Crippen LogP contribution in [-0.4, -0.2) is 34.9 Å². The van der Waals surface area contributed by atoms with Gasteiger partial charge in [0.2, 0.25) is 5.89 Å². The minimum atomic E-state index is -4.21. The van der Waals surface area contributed by atoms with Crippen molar-refractivity contribution in [1.29, 1.82) is 0 Å². The monoisotopic (exact) mass is 335 g/mol. The first kappa shape index (κ1) is 17.4. The van der Waals surface area contributed by atoms with Gasteiger partial charge in [0.15, 0.2) is 0 Å². The number of hydrogen-bond acceptors (Lipinski definition) is 5. The number of alkyl halides is 3. The van der Waals surface area contributed by atoms with Crippen molar-refractivity contribution in [3.8, 4) is 0 Å². The first-order chi connectivity index (χ1) is 10.8. The number of nitrogens with zero attached hydrogens (tertiary/aromatic N) is 2. The molecule has 1 aromatic rings. The number of carbonyl (C=O) groups excluding carboxylic acids is 1. The minimum Gasteiger partial charge on any atom is -0.365 e. The van der Waals surface area contributed by atoms with E-state index in [1.165, 1.54) is 0 Å². The lowest BCUT2D eigenvalue weighted by atomic mass is 9.82. The Labute approximate surface area is 131 Å². The third kappa shape index (κ3) is 5.95. The van der Waals surface area contributed by atoms with Gasteiger partial charge in [0.05, 0.1) is 0 Å². The summed E-state index contributed by atoms with van der Waals surface area (Å²) in [6, 6.07) is -0.944. The smallest absolute Gasteiger partial charge is 0.365 e. The second-order valence-corrected chi connectivity index (χ2v) is 5.67. The molecule has 1 fully saturated rings. The van der Waals surface area contributed by atoms with Crippen LogP contribution in [0, 0.1) is 5.92 Å². The van der Waals surface area contributed by atoms with Crippen molar-refractivity contribution in [3.05, 3.63) is 5.89 Å². The fourth-order valence-corrected chi connectivity index (χ4v) is 2.81. The van der Waals surface area contributed by atoms with Crippen LogP contribution in [0.3, 0.4) is 0 Å². The van der Waals surface area contributed by atoms with Gasteiger partial charge in [-0.3, -0.25) is 0 Å². The maximum atomic E-state index is 12.6. The molecule has 1 aliphatic rings. The van der Waals surface area contributed by atoms with Crippen molar-refractivity contribution < 1.29 is 22.5 Å². The van der Waals surface area contributed by atoms with Gasteiger partial charge < -0.3 is 20.9 Å². The minimum absolute atomic E-state index is 0.0154. The van der Waals surface area contributed by atoms with E-state index in [9.17, 15) is 18.0 Å². The molecule has 0 radical (unpaired) electrons. The van der Waals surface area contributed by atoms with E-state index in [0.29, 0.717) is 19.3 Å². The fourth-order valence-electron chi connectivity index (χ4n) is 2.81. The van der Waals surface area contributed by atoms with Crippen LogP contribution in [-0.2, 0) is 6.42 Å². The Balaban J connectivity index is 1.75. The molecule has 1 saturated carbocycles. The number of nitrogens with two attached hydrogens (primary N) is 1. The van der Waals surface area contributed by atoms with Crippen molar-refractivity contribution >= 4 is 12.0 Å². The Morgan fingerprint density at radius 2 is 2.09 bits per heavy atom. The molecule has 0 bridgehead atoms. The van der Waals surface area contributed by atoms with Crippen LogP contribution in [0.25, 0.3) is 0 Å². The normalized spacial score (nSPS) is 21.9. The summed E-state index contributed by atoms with van der Waals surface area (Å²) in [4.78, 5) is 15.6. The summed E-state index contributed by atoms with van der Waals surface area (Å²) in [5.41, 5.74) is 5.29. The molecule has 2 rings (SSSR count). The van der Waals surface area contributed by atoms with Crippen LogP contribution in [0.15, 0.2) is 4.52 Å². The number of hydrogen-bond donors (Lipinski definition) is 3. The fraction of sp³-hybridized carbons (Fsp3) is 0.769. The predicted octanol–water partition coefficient (Wildman–Crippen LogP) is 2.00. The molecule has 10 heteroatoms. The highest BCUT2D eigenvalue weighted by atomic mass is 19.4. The summed E-state index contributed by atoms with van der Waals surface area (Å²) >= 11 is 0. The Hall–Kier alpha value is -2.00. The van der Waals surface area contributed by atoms with Crippen LogP contribution in [0.4, 0.5) is 23.9 Å². The van der Waals surface area contributed by atoms with Crippen molar-refractivity contribution in [2.75, 3.05) is 12.3 Å². The number of nitrogens with one attached hydrogen (secondary N) is 2. The van der Waals surface area contributed by atoms with Crippen molar-refractivity contribution in [2.45, 2.75) is 50.7 Å². The zero-order valence-electron chi connectivity index (χ0n) is 12.5. The molecule has 1 heterocycles. The summed E-state index contributed by atoms with van der Waals surface area (Å²) in [5.74, 6) is -0.262. The number of aromatic nitrogens is 2. The second kappa shape index (κ2) is 7.51.